The van der Waals surface area contributed by atoms with E-state index in [0.717, 1.165) is 12.3 Å². The molecular formula is C22H21F2N7O3. The van der Waals surface area contributed by atoms with E-state index in [9.17, 15) is 14.3 Å². The second kappa shape index (κ2) is 8.54. The van der Waals surface area contributed by atoms with E-state index in [-0.39, 0.29) is 47.0 Å². The number of Topliss-reactive ketones (excluding diaryl/α,β-unsaturated/α-hetero) is 1. The number of rotatable bonds is 5. The maximum Gasteiger partial charge on any atom is 0.223 e. The number of anilines is 1. The molecule has 0 bridgehead atoms. The van der Waals surface area contributed by atoms with Crippen LogP contribution < -0.4 is 5.32 Å². The van der Waals surface area contributed by atoms with Crippen molar-refractivity contribution in [3.05, 3.63) is 48.2 Å². The van der Waals surface area contributed by atoms with Gasteiger partial charge in [0, 0.05) is 44.1 Å². The number of aliphatic hydroxyl groups is 1. The molecule has 0 radical (unpaired) electrons. The maximum absolute atomic E-state index is 15.1. The molecule has 2 N–H and O–H groups in total. The molecule has 4 aromatic rings. The van der Waals surface area contributed by atoms with Crippen molar-refractivity contribution < 1.29 is 23.4 Å². The predicted molar refractivity (Wildman–Crippen MR) is 117 cm³/mol. The number of carbonyl (C=O) groups excluding carboxylic acids is 1. The normalized spacial score (nSPS) is 18.4. The average molecular weight is 469 g/mol. The number of aromatic nitrogens is 6. The Bertz CT molecular complexity index is 1400. The molecule has 0 aromatic carbocycles. The summed E-state index contributed by atoms with van der Waals surface area (Å²) in [5, 5.41) is 17.2. The quantitative estimate of drug-likeness (QED) is 0.427. The largest absolute Gasteiger partial charge is 0.389 e. The van der Waals surface area contributed by atoms with Crippen LogP contribution in [0, 0.1) is 11.6 Å². The highest BCUT2D eigenvalue weighted by Crippen LogP contribution is 2.30. The Morgan fingerprint density at radius 3 is 2.74 bits per heavy atom. The summed E-state index contributed by atoms with van der Waals surface area (Å²) in [6, 6.07) is 0.743. The fourth-order valence-electron chi connectivity index (χ4n) is 3.99. The highest BCUT2D eigenvalue weighted by molar-refractivity contribution is 5.99. The summed E-state index contributed by atoms with van der Waals surface area (Å²) in [5.74, 6) is -1.77. The summed E-state index contributed by atoms with van der Waals surface area (Å²) in [6.07, 6.45) is 5.42. The molecule has 0 amide bonds. The number of ether oxygens (including phenoxy) is 1. The number of nitrogens with one attached hydrogen (secondary N) is 1. The molecule has 2 atom stereocenters. The SMILES string of the molecule is CC(=O)c1nc2c(F)cc(-c3nc(N[C@@H]4CCOC[C@H]4O)ncc3F)cn2c1-c1cnn(C)c1. The van der Waals surface area contributed by atoms with Gasteiger partial charge in [-0.05, 0) is 12.5 Å². The van der Waals surface area contributed by atoms with Gasteiger partial charge >= 0.3 is 0 Å². The number of ketones is 1. The van der Waals surface area contributed by atoms with Crippen molar-refractivity contribution in [1.29, 1.82) is 0 Å². The van der Waals surface area contributed by atoms with Crippen molar-refractivity contribution in [2.24, 2.45) is 7.05 Å². The second-order valence-corrected chi connectivity index (χ2v) is 8.11. The summed E-state index contributed by atoms with van der Waals surface area (Å²) in [5.41, 5.74) is 0.868. The Morgan fingerprint density at radius 2 is 2.03 bits per heavy atom. The molecule has 1 saturated heterocycles. The van der Waals surface area contributed by atoms with Crippen molar-refractivity contribution >= 4 is 17.4 Å². The van der Waals surface area contributed by atoms with Crippen LogP contribution in [0.4, 0.5) is 14.7 Å². The Labute approximate surface area is 192 Å². The van der Waals surface area contributed by atoms with Crippen LogP contribution in [-0.2, 0) is 11.8 Å². The number of aliphatic hydroxyl groups excluding tert-OH is 1. The van der Waals surface area contributed by atoms with Crippen LogP contribution in [0.3, 0.4) is 0 Å². The van der Waals surface area contributed by atoms with Crippen LogP contribution in [0.1, 0.15) is 23.8 Å². The van der Waals surface area contributed by atoms with E-state index in [1.807, 2.05) is 0 Å². The number of pyridine rings is 1. The Morgan fingerprint density at radius 1 is 1.21 bits per heavy atom. The van der Waals surface area contributed by atoms with Gasteiger partial charge in [0.1, 0.15) is 11.4 Å². The minimum atomic E-state index is -0.766. The average Bonchev–Trinajstić information content (AvgIpc) is 3.40. The van der Waals surface area contributed by atoms with E-state index >= 15 is 4.39 Å². The van der Waals surface area contributed by atoms with E-state index in [0.29, 0.717) is 24.3 Å². The van der Waals surface area contributed by atoms with Gasteiger partial charge in [0.05, 0.1) is 36.8 Å². The first-order valence-corrected chi connectivity index (χ1v) is 10.6. The van der Waals surface area contributed by atoms with Crippen LogP contribution in [0.15, 0.2) is 30.9 Å². The first-order chi connectivity index (χ1) is 16.3. The highest BCUT2D eigenvalue weighted by atomic mass is 19.1. The predicted octanol–water partition coefficient (Wildman–Crippen LogP) is 2.23. The van der Waals surface area contributed by atoms with E-state index in [4.69, 9.17) is 4.74 Å². The molecule has 0 unspecified atom stereocenters. The summed E-state index contributed by atoms with van der Waals surface area (Å²) >= 11 is 0. The van der Waals surface area contributed by atoms with Crippen LogP contribution in [0.5, 0.6) is 0 Å². The van der Waals surface area contributed by atoms with Crippen molar-refractivity contribution in [2.45, 2.75) is 25.5 Å². The summed E-state index contributed by atoms with van der Waals surface area (Å²) in [7, 11) is 1.71. The van der Waals surface area contributed by atoms with Gasteiger partial charge in [0.25, 0.3) is 0 Å². The molecule has 0 spiro atoms. The molecule has 34 heavy (non-hydrogen) atoms. The molecule has 0 saturated carbocycles. The third-order valence-corrected chi connectivity index (χ3v) is 5.65. The van der Waals surface area contributed by atoms with Crippen molar-refractivity contribution in [3.63, 3.8) is 0 Å². The van der Waals surface area contributed by atoms with Gasteiger partial charge in [-0.3, -0.25) is 13.9 Å². The molecule has 5 rings (SSSR count). The summed E-state index contributed by atoms with van der Waals surface area (Å²) < 4.78 is 38.0. The lowest BCUT2D eigenvalue weighted by Gasteiger charge is -2.28. The number of hydrogen-bond donors (Lipinski definition) is 2. The first kappa shape index (κ1) is 22.0. The number of nitrogens with zero attached hydrogens (tertiary/aromatic N) is 6. The zero-order chi connectivity index (χ0) is 24.0. The van der Waals surface area contributed by atoms with Crippen LogP contribution >= 0.6 is 0 Å². The lowest BCUT2D eigenvalue weighted by atomic mass is 10.1. The highest BCUT2D eigenvalue weighted by Gasteiger charge is 2.26. The molecule has 1 aliphatic rings. The molecule has 10 nitrogen and oxygen atoms in total. The van der Waals surface area contributed by atoms with Gasteiger partial charge in [-0.25, -0.2) is 23.7 Å². The van der Waals surface area contributed by atoms with Gasteiger partial charge in [0.15, 0.2) is 23.1 Å². The first-order valence-electron chi connectivity index (χ1n) is 10.6. The zero-order valence-corrected chi connectivity index (χ0v) is 18.4. The second-order valence-electron chi connectivity index (χ2n) is 8.11. The maximum atomic E-state index is 15.1. The van der Waals surface area contributed by atoms with E-state index in [1.54, 1.807) is 17.9 Å². The van der Waals surface area contributed by atoms with Crippen molar-refractivity contribution in [3.8, 4) is 22.5 Å². The number of hydrogen-bond acceptors (Lipinski definition) is 8. The number of imidazole rings is 1. The van der Waals surface area contributed by atoms with Gasteiger partial charge in [-0.1, -0.05) is 0 Å². The summed E-state index contributed by atoms with van der Waals surface area (Å²) in [4.78, 5) is 24.6. The Kier molecular flexibility index (Phi) is 5.54. The fourth-order valence-corrected chi connectivity index (χ4v) is 3.99. The van der Waals surface area contributed by atoms with Crippen molar-refractivity contribution in [2.75, 3.05) is 18.5 Å². The fraction of sp³-hybridized carbons (Fsp3) is 0.318. The third kappa shape index (κ3) is 3.90. The van der Waals surface area contributed by atoms with Crippen molar-refractivity contribution in [1.82, 2.24) is 29.1 Å². The minimum Gasteiger partial charge on any atom is -0.389 e. The zero-order valence-electron chi connectivity index (χ0n) is 18.4. The standard InChI is InChI=1S/C22H21F2N7O3/c1-11(32)18-20(13-6-26-30(2)8-13)31-9-12(5-14(23)21(31)28-18)19-15(24)7-25-22(29-19)27-16-3-4-34-10-17(16)33/h5-9,16-17,33H,3-4,10H2,1-2H3,(H,25,27,29)/t16-,17-/m1/s1. The molecule has 4 aromatic heterocycles. The van der Waals surface area contributed by atoms with Crippen LogP contribution in [0.2, 0.25) is 0 Å². The Hall–Kier alpha value is -3.77. The molecule has 5 heterocycles. The van der Waals surface area contributed by atoms with Gasteiger partial charge in [-0.15, -0.1) is 0 Å². The minimum absolute atomic E-state index is 0.0723. The van der Waals surface area contributed by atoms with Gasteiger partial charge in [-0.2, -0.15) is 5.10 Å². The van der Waals surface area contributed by atoms with Gasteiger partial charge in [0.2, 0.25) is 5.95 Å². The topological polar surface area (TPSA) is 119 Å². The number of carbonyl (C=O) groups is 1. The van der Waals surface area contributed by atoms with E-state index in [1.165, 1.54) is 23.7 Å². The molecule has 1 fully saturated rings. The number of halogens is 2. The smallest absolute Gasteiger partial charge is 0.223 e. The summed E-state index contributed by atoms with van der Waals surface area (Å²) in [6.45, 7) is 1.97. The molecule has 176 valence electrons. The lowest BCUT2D eigenvalue weighted by Crippen LogP contribution is -2.42. The number of aryl methyl sites for hydroxylation is 1. The van der Waals surface area contributed by atoms with Crippen LogP contribution in [-0.4, -0.2) is 65.4 Å². The lowest BCUT2D eigenvalue weighted by molar-refractivity contribution is -0.0136. The molecule has 1 aliphatic heterocycles. The molecular weight excluding hydrogens is 448 g/mol. The van der Waals surface area contributed by atoms with E-state index < -0.39 is 17.7 Å². The van der Waals surface area contributed by atoms with Gasteiger partial charge < -0.3 is 15.2 Å². The Balaban J connectivity index is 1.62. The van der Waals surface area contributed by atoms with E-state index in [2.05, 4.69) is 25.4 Å². The monoisotopic (exact) mass is 469 g/mol. The van der Waals surface area contributed by atoms with Crippen LogP contribution in [0.25, 0.3) is 28.2 Å². The number of fused-ring (bicyclic) bond motifs is 1. The third-order valence-electron chi connectivity index (χ3n) is 5.65. The molecule has 0 aliphatic carbocycles. The molecule has 12 heteroatoms.